The van der Waals surface area contributed by atoms with Crippen molar-refractivity contribution in [2.24, 2.45) is 0 Å². The van der Waals surface area contributed by atoms with Gasteiger partial charge < -0.3 is 5.73 Å². The molecule has 0 unspecified atom stereocenters. The van der Waals surface area contributed by atoms with Crippen LogP contribution >= 0.6 is 0 Å². The summed E-state index contributed by atoms with van der Waals surface area (Å²) in [4.78, 5) is 0. The Balaban J connectivity index is 1.94. The normalized spacial score (nSPS) is 10.8. The lowest BCUT2D eigenvalue weighted by Crippen LogP contribution is -2.04. The highest BCUT2D eigenvalue weighted by Gasteiger charge is 2.06. The predicted octanol–water partition coefficient (Wildman–Crippen LogP) is 3.02. The van der Waals surface area contributed by atoms with Crippen LogP contribution in [0.1, 0.15) is 28.9 Å². The molecule has 0 aliphatic carbocycles. The SMILES string of the molecule is Cc1nn(CCCc2cccc(N)c2)c(C)c1C. The van der Waals surface area contributed by atoms with E-state index < -0.39 is 0 Å². The maximum absolute atomic E-state index is 5.77. The number of anilines is 1. The van der Waals surface area contributed by atoms with Gasteiger partial charge in [-0.3, -0.25) is 4.68 Å². The largest absolute Gasteiger partial charge is 0.399 e. The van der Waals surface area contributed by atoms with Crippen LogP contribution in [0.25, 0.3) is 0 Å². The molecule has 2 aromatic rings. The Morgan fingerprint density at radius 3 is 2.61 bits per heavy atom. The van der Waals surface area contributed by atoms with Crippen molar-refractivity contribution in [3.63, 3.8) is 0 Å². The fourth-order valence-electron chi connectivity index (χ4n) is 2.19. The molecule has 0 saturated carbocycles. The first kappa shape index (κ1) is 12.7. The molecular weight excluding hydrogens is 222 g/mol. The number of rotatable bonds is 4. The minimum absolute atomic E-state index is 0.842. The summed E-state index contributed by atoms with van der Waals surface area (Å²) in [6.45, 7) is 7.30. The van der Waals surface area contributed by atoms with Crippen molar-refractivity contribution < 1.29 is 0 Å². The molecule has 2 N–H and O–H groups in total. The molecule has 0 amide bonds. The van der Waals surface area contributed by atoms with Gasteiger partial charge in [-0.2, -0.15) is 5.10 Å². The molecular formula is C15H21N3. The van der Waals surface area contributed by atoms with Gasteiger partial charge in [-0.1, -0.05) is 12.1 Å². The highest BCUT2D eigenvalue weighted by Crippen LogP contribution is 2.13. The number of hydrogen-bond donors (Lipinski definition) is 1. The number of aromatic nitrogens is 2. The monoisotopic (exact) mass is 243 g/mol. The van der Waals surface area contributed by atoms with Gasteiger partial charge in [-0.15, -0.1) is 0 Å². The van der Waals surface area contributed by atoms with E-state index in [1.165, 1.54) is 16.8 Å². The standard InChI is InChI=1S/C15H21N3/c1-11-12(2)17-18(13(11)3)9-5-7-14-6-4-8-15(16)10-14/h4,6,8,10H,5,7,9,16H2,1-3H3. The molecule has 3 heteroatoms. The maximum Gasteiger partial charge on any atom is 0.0625 e. The summed E-state index contributed by atoms with van der Waals surface area (Å²) in [5, 5.41) is 4.55. The van der Waals surface area contributed by atoms with E-state index in [0.29, 0.717) is 0 Å². The van der Waals surface area contributed by atoms with E-state index >= 15 is 0 Å². The predicted molar refractivity (Wildman–Crippen MR) is 75.6 cm³/mol. The van der Waals surface area contributed by atoms with E-state index in [2.05, 4.69) is 36.6 Å². The van der Waals surface area contributed by atoms with E-state index in [-0.39, 0.29) is 0 Å². The minimum Gasteiger partial charge on any atom is -0.399 e. The number of aryl methyl sites for hydroxylation is 3. The Morgan fingerprint density at radius 1 is 1.22 bits per heavy atom. The van der Waals surface area contributed by atoms with Gasteiger partial charge in [0.05, 0.1) is 5.69 Å². The molecule has 0 spiro atoms. The summed E-state index contributed by atoms with van der Waals surface area (Å²) in [6.07, 6.45) is 2.13. The average Bonchev–Trinajstić information content (AvgIpc) is 2.57. The highest BCUT2D eigenvalue weighted by atomic mass is 15.3. The van der Waals surface area contributed by atoms with Gasteiger partial charge in [0.25, 0.3) is 0 Å². The fraction of sp³-hybridized carbons (Fsp3) is 0.400. The van der Waals surface area contributed by atoms with Crippen LogP contribution in [-0.4, -0.2) is 9.78 Å². The molecule has 0 aliphatic rings. The van der Waals surface area contributed by atoms with Gasteiger partial charge in [0.1, 0.15) is 0 Å². The van der Waals surface area contributed by atoms with Gasteiger partial charge in [-0.05, 0) is 56.9 Å². The third-order valence-corrected chi connectivity index (χ3v) is 3.53. The smallest absolute Gasteiger partial charge is 0.0625 e. The van der Waals surface area contributed by atoms with Gasteiger partial charge in [0.2, 0.25) is 0 Å². The first-order valence-electron chi connectivity index (χ1n) is 6.43. The Kier molecular flexibility index (Phi) is 3.70. The second-order valence-electron chi connectivity index (χ2n) is 4.87. The van der Waals surface area contributed by atoms with Crippen molar-refractivity contribution in [2.75, 3.05) is 5.73 Å². The van der Waals surface area contributed by atoms with Crippen molar-refractivity contribution in [3.05, 3.63) is 46.8 Å². The van der Waals surface area contributed by atoms with E-state index in [0.717, 1.165) is 30.8 Å². The third-order valence-electron chi connectivity index (χ3n) is 3.53. The summed E-state index contributed by atoms with van der Waals surface area (Å²) in [7, 11) is 0. The van der Waals surface area contributed by atoms with Crippen molar-refractivity contribution in [3.8, 4) is 0 Å². The molecule has 18 heavy (non-hydrogen) atoms. The second kappa shape index (κ2) is 5.25. The number of nitrogen functional groups attached to an aromatic ring is 1. The molecule has 0 atom stereocenters. The topological polar surface area (TPSA) is 43.8 Å². The molecule has 1 aromatic heterocycles. The van der Waals surface area contributed by atoms with Crippen LogP contribution in [0, 0.1) is 20.8 Å². The van der Waals surface area contributed by atoms with Crippen molar-refractivity contribution in [1.29, 1.82) is 0 Å². The molecule has 0 fully saturated rings. The molecule has 0 bridgehead atoms. The van der Waals surface area contributed by atoms with Crippen molar-refractivity contribution in [2.45, 2.75) is 40.2 Å². The van der Waals surface area contributed by atoms with Crippen LogP contribution in [-0.2, 0) is 13.0 Å². The molecule has 1 aromatic carbocycles. The molecule has 2 rings (SSSR count). The summed E-state index contributed by atoms with van der Waals surface area (Å²) in [5.74, 6) is 0. The third kappa shape index (κ3) is 2.73. The quantitative estimate of drug-likeness (QED) is 0.839. The summed E-state index contributed by atoms with van der Waals surface area (Å²) in [6, 6.07) is 8.11. The van der Waals surface area contributed by atoms with Crippen LogP contribution in [0.2, 0.25) is 0 Å². The van der Waals surface area contributed by atoms with Gasteiger partial charge in [0, 0.05) is 17.9 Å². The Bertz CT molecular complexity index is 541. The minimum atomic E-state index is 0.842. The van der Waals surface area contributed by atoms with E-state index in [1.54, 1.807) is 0 Å². The molecule has 96 valence electrons. The van der Waals surface area contributed by atoms with Crippen molar-refractivity contribution >= 4 is 5.69 Å². The Hall–Kier alpha value is -1.77. The van der Waals surface area contributed by atoms with Gasteiger partial charge in [-0.25, -0.2) is 0 Å². The molecule has 0 radical (unpaired) electrons. The molecule has 1 heterocycles. The van der Waals surface area contributed by atoms with Gasteiger partial charge in [0.15, 0.2) is 0 Å². The van der Waals surface area contributed by atoms with E-state index in [4.69, 9.17) is 5.73 Å². The first-order chi connectivity index (χ1) is 8.58. The molecule has 0 aliphatic heterocycles. The summed E-state index contributed by atoms with van der Waals surface area (Å²) >= 11 is 0. The number of hydrogen-bond acceptors (Lipinski definition) is 2. The Morgan fingerprint density at radius 2 is 2.00 bits per heavy atom. The average molecular weight is 243 g/mol. The van der Waals surface area contributed by atoms with E-state index in [1.807, 2.05) is 18.2 Å². The van der Waals surface area contributed by atoms with Crippen LogP contribution in [0.3, 0.4) is 0 Å². The first-order valence-corrected chi connectivity index (χ1v) is 6.43. The zero-order valence-electron chi connectivity index (χ0n) is 11.4. The van der Waals surface area contributed by atoms with E-state index in [9.17, 15) is 0 Å². The zero-order chi connectivity index (χ0) is 13.1. The molecule has 0 saturated heterocycles. The summed E-state index contributed by atoms with van der Waals surface area (Å²) in [5.41, 5.74) is 11.6. The van der Waals surface area contributed by atoms with Crippen LogP contribution in [0.4, 0.5) is 5.69 Å². The highest BCUT2D eigenvalue weighted by molar-refractivity contribution is 5.40. The number of benzene rings is 1. The summed E-state index contributed by atoms with van der Waals surface area (Å²) < 4.78 is 2.11. The van der Waals surface area contributed by atoms with Crippen molar-refractivity contribution in [1.82, 2.24) is 9.78 Å². The lowest BCUT2D eigenvalue weighted by Gasteiger charge is -2.05. The Labute approximate surface area is 109 Å². The lowest BCUT2D eigenvalue weighted by molar-refractivity contribution is 0.562. The van der Waals surface area contributed by atoms with Crippen LogP contribution in [0.15, 0.2) is 24.3 Å². The molecule has 3 nitrogen and oxygen atoms in total. The zero-order valence-corrected chi connectivity index (χ0v) is 11.4. The maximum atomic E-state index is 5.77. The van der Waals surface area contributed by atoms with Crippen LogP contribution < -0.4 is 5.73 Å². The number of nitrogens with two attached hydrogens (primary N) is 1. The lowest BCUT2D eigenvalue weighted by atomic mass is 10.1. The fourth-order valence-corrected chi connectivity index (χ4v) is 2.19. The number of nitrogens with zero attached hydrogens (tertiary/aromatic N) is 2. The second-order valence-corrected chi connectivity index (χ2v) is 4.87. The van der Waals surface area contributed by atoms with Gasteiger partial charge >= 0.3 is 0 Å². The van der Waals surface area contributed by atoms with Crippen LogP contribution in [0.5, 0.6) is 0 Å².